The zero-order valence-corrected chi connectivity index (χ0v) is 12.6. The second-order valence-electron chi connectivity index (χ2n) is 4.53. The first-order chi connectivity index (χ1) is 10.1. The Morgan fingerprint density at radius 2 is 2.10 bits per heavy atom. The van der Waals surface area contributed by atoms with Crippen LogP contribution in [0.5, 0.6) is 0 Å². The number of benzene rings is 1. The number of thiophene rings is 1. The molecule has 0 saturated heterocycles. The van der Waals surface area contributed by atoms with Gasteiger partial charge in [-0.05, 0) is 36.1 Å². The summed E-state index contributed by atoms with van der Waals surface area (Å²) in [6.07, 6.45) is 1.50. The number of aromatic nitrogens is 2. The minimum absolute atomic E-state index is 0.167. The second kappa shape index (κ2) is 5.35. The van der Waals surface area contributed by atoms with Crippen molar-refractivity contribution in [2.24, 2.45) is 0 Å². The molecule has 21 heavy (non-hydrogen) atoms. The summed E-state index contributed by atoms with van der Waals surface area (Å²) in [7, 11) is 0. The lowest BCUT2D eigenvalue weighted by Gasteiger charge is -2.02. The molecule has 0 aliphatic rings. The van der Waals surface area contributed by atoms with Crippen molar-refractivity contribution in [2.45, 2.75) is 6.92 Å². The molecule has 0 fully saturated rings. The minimum Gasteiger partial charge on any atom is -0.478 e. The van der Waals surface area contributed by atoms with Gasteiger partial charge in [-0.1, -0.05) is 23.7 Å². The van der Waals surface area contributed by atoms with E-state index in [0.717, 1.165) is 10.4 Å². The number of halogens is 1. The van der Waals surface area contributed by atoms with E-state index >= 15 is 0 Å². The largest absolute Gasteiger partial charge is 0.478 e. The average Bonchev–Trinajstić information content (AvgIpc) is 3.05. The molecular weight excluding hydrogens is 308 g/mol. The number of carbonyl (C=O) groups is 1. The molecule has 0 spiro atoms. The van der Waals surface area contributed by atoms with Gasteiger partial charge in [0.1, 0.15) is 11.3 Å². The van der Waals surface area contributed by atoms with E-state index < -0.39 is 5.97 Å². The van der Waals surface area contributed by atoms with Crippen LogP contribution in [-0.2, 0) is 0 Å². The van der Waals surface area contributed by atoms with Crippen molar-refractivity contribution in [3.63, 3.8) is 0 Å². The van der Waals surface area contributed by atoms with Gasteiger partial charge in [-0.3, -0.25) is 0 Å². The molecule has 0 bridgehead atoms. The Morgan fingerprint density at radius 1 is 1.33 bits per heavy atom. The summed E-state index contributed by atoms with van der Waals surface area (Å²) in [6.45, 7) is 1.94. The third kappa shape index (κ3) is 2.46. The lowest BCUT2D eigenvalue weighted by atomic mass is 10.2. The number of carboxylic acid groups (broad SMARTS) is 1. The maximum absolute atomic E-state index is 11.5. The first kappa shape index (κ1) is 13.9. The topological polar surface area (TPSA) is 55.1 Å². The predicted molar refractivity (Wildman–Crippen MR) is 83.6 cm³/mol. The van der Waals surface area contributed by atoms with Crippen LogP contribution in [0.15, 0.2) is 41.9 Å². The number of rotatable bonds is 3. The first-order valence-electron chi connectivity index (χ1n) is 6.20. The summed E-state index contributed by atoms with van der Waals surface area (Å²) in [4.78, 5) is 12.3. The summed E-state index contributed by atoms with van der Waals surface area (Å²) >= 11 is 7.63. The molecule has 6 heteroatoms. The van der Waals surface area contributed by atoms with E-state index in [-0.39, 0.29) is 5.56 Å². The summed E-state index contributed by atoms with van der Waals surface area (Å²) in [5.74, 6) is -1.00. The average molecular weight is 319 g/mol. The van der Waals surface area contributed by atoms with Crippen LogP contribution >= 0.6 is 22.9 Å². The van der Waals surface area contributed by atoms with Gasteiger partial charge in [0.05, 0.1) is 15.6 Å². The van der Waals surface area contributed by atoms with E-state index in [0.29, 0.717) is 16.4 Å². The quantitative estimate of drug-likeness (QED) is 0.785. The summed E-state index contributed by atoms with van der Waals surface area (Å²) in [5, 5.41) is 16.3. The SMILES string of the molecule is Cc1ccsc1-c1nn(-c2ccccc2Cl)cc1C(=O)O. The summed E-state index contributed by atoms with van der Waals surface area (Å²) in [5.41, 5.74) is 2.30. The van der Waals surface area contributed by atoms with Gasteiger partial charge in [0.15, 0.2) is 0 Å². The Kier molecular flexibility index (Phi) is 3.53. The van der Waals surface area contributed by atoms with Gasteiger partial charge in [-0.15, -0.1) is 11.3 Å². The number of nitrogens with zero attached hydrogens (tertiary/aromatic N) is 2. The molecule has 0 saturated carbocycles. The van der Waals surface area contributed by atoms with Gasteiger partial charge >= 0.3 is 5.97 Å². The fourth-order valence-corrected chi connectivity index (χ4v) is 3.22. The van der Waals surface area contributed by atoms with Gasteiger partial charge in [0.25, 0.3) is 0 Å². The molecule has 0 aliphatic heterocycles. The van der Waals surface area contributed by atoms with Gasteiger partial charge in [-0.2, -0.15) is 5.10 Å². The number of para-hydroxylation sites is 1. The maximum atomic E-state index is 11.5. The highest BCUT2D eigenvalue weighted by molar-refractivity contribution is 7.13. The number of carboxylic acids is 1. The Hall–Kier alpha value is -2.11. The molecule has 0 radical (unpaired) electrons. The third-order valence-electron chi connectivity index (χ3n) is 3.12. The van der Waals surface area contributed by atoms with Crippen molar-refractivity contribution >= 4 is 28.9 Å². The van der Waals surface area contributed by atoms with E-state index in [9.17, 15) is 9.90 Å². The minimum atomic E-state index is -1.00. The van der Waals surface area contributed by atoms with Crippen molar-refractivity contribution in [1.29, 1.82) is 0 Å². The Balaban J connectivity index is 2.21. The van der Waals surface area contributed by atoms with Crippen LogP contribution in [0.2, 0.25) is 5.02 Å². The molecule has 1 aromatic carbocycles. The Morgan fingerprint density at radius 3 is 2.71 bits per heavy atom. The number of aryl methyl sites for hydroxylation is 1. The molecule has 2 heterocycles. The smallest absolute Gasteiger partial charge is 0.339 e. The highest BCUT2D eigenvalue weighted by Crippen LogP contribution is 2.32. The van der Waals surface area contributed by atoms with Crippen molar-refractivity contribution < 1.29 is 9.90 Å². The van der Waals surface area contributed by atoms with E-state index in [1.165, 1.54) is 22.2 Å². The number of aromatic carboxylic acids is 1. The second-order valence-corrected chi connectivity index (χ2v) is 5.85. The molecule has 1 N–H and O–H groups in total. The molecular formula is C15H11ClN2O2S. The van der Waals surface area contributed by atoms with Crippen molar-refractivity contribution in [2.75, 3.05) is 0 Å². The standard InChI is InChI=1S/C15H11ClN2O2S/c1-9-6-7-21-14(9)13-10(15(19)20)8-18(17-13)12-5-3-2-4-11(12)16/h2-8H,1H3,(H,19,20). The van der Waals surface area contributed by atoms with Crippen molar-refractivity contribution in [3.8, 4) is 16.3 Å². The predicted octanol–water partition coefficient (Wildman–Crippen LogP) is 4.26. The van der Waals surface area contributed by atoms with Crippen LogP contribution in [0, 0.1) is 6.92 Å². The van der Waals surface area contributed by atoms with Crippen LogP contribution in [0.3, 0.4) is 0 Å². The molecule has 0 unspecified atom stereocenters. The zero-order chi connectivity index (χ0) is 15.0. The molecule has 3 rings (SSSR count). The highest BCUT2D eigenvalue weighted by Gasteiger charge is 2.20. The van der Waals surface area contributed by atoms with Crippen LogP contribution in [0.1, 0.15) is 15.9 Å². The van der Waals surface area contributed by atoms with Gasteiger partial charge in [0, 0.05) is 6.20 Å². The van der Waals surface area contributed by atoms with E-state index in [4.69, 9.17) is 11.6 Å². The number of hydrogen-bond donors (Lipinski definition) is 1. The number of hydrogen-bond acceptors (Lipinski definition) is 3. The molecule has 2 aromatic heterocycles. The van der Waals surface area contributed by atoms with E-state index in [2.05, 4.69) is 5.10 Å². The molecule has 3 aromatic rings. The summed E-state index contributed by atoms with van der Waals surface area (Å²) in [6, 6.07) is 9.14. The monoisotopic (exact) mass is 318 g/mol. The van der Waals surface area contributed by atoms with E-state index in [1.54, 1.807) is 12.1 Å². The van der Waals surface area contributed by atoms with E-state index in [1.807, 2.05) is 30.5 Å². The normalized spacial score (nSPS) is 10.8. The molecule has 0 amide bonds. The molecule has 4 nitrogen and oxygen atoms in total. The molecule has 106 valence electrons. The Labute approximate surface area is 130 Å². The lowest BCUT2D eigenvalue weighted by molar-refractivity contribution is 0.0697. The highest BCUT2D eigenvalue weighted by atomic mass is 35.5. The van der Waals surface area contributed by atoms with Gasteiger partial charge in [0.2, 0.25) is 0 Å². The first-order valence-corrected chi connectivity index (χ1v) is 7.46. The van der Waals surface area contributed by atoms with Gasteiger partial charge in [-0.25, -0.2) is 9.48 Å². The summed E-state index contributed by atoms with van der Waals surface area (Å²) < 4.78 is 1.51. The fraction of sp³-hybridized carbons (Fsp3) is 0.0667. The van der Waals surface area contributed by atoms with Crippen LogP contribution < -0.4 is 0 Å². The fourth-order valence-electron chi connectivity index (χ4n) is 2.07. The lowest BCUT2D eigenvalue weighted by Crippen LogP contribution is -1.96. The van der Waals surface area contributed by atoms with Crippen LogP contribution in [-0.4, -0.2) is 20.9 Å². The van der Waals surface area contributed by atoms with Gasteiger partial charge < -0.3 is 5.11 Å². The third-order valence-corrected chi connectivity index (χ3v) is 4.46. The molecule has 0 atom stereocenters. The molecule has 0 aliphatic carbocycles. The van der Waals surface area contributed by atoms with Crippen molar-refractivity contribution in [1.82, 2.24) is 9.78 Å². The van der Waals surface area contributed by atoms with Crippen LogP contribution in [0.25, 0.3) is 16.3 Å². The maximum Gasteiger partial charge on any atom is 0.339 e. The zero-order valence-electron chi connectivity index (χ0n) is 11.1. The van der Waals surface area contributed by atoms with Crippen molar-refractivity contribution in [3.05, 3.63) is 58.1 Å². The Bertz CT molecular complexity index is 823. The van der Waals surface area contributed by atoms with Crippen LogP contribution in [0.4, 0.5) is 0 Å².